The molecular weight excluding hydrogens is 332 g/mol. The fourth-order valence-corrected chi connectivity index (χ4v) is 2.44. The Labute approximate surface area is 125 Å². The molecule has 102 valence electrons. The maximum Gasteiger partial charge on any atom is 0.252 e. The molecule has 0 unspecified atom stereocenters. The van der Waals surface area contributed by atoms with Crippen molar-refractivity contribution in [2.45, 2.75) is 25.8 Å². The van der Waals surface area contributed by atoms with Crippen LogP contribution >= 0.6 is 27.5 Å². The number of hydrogen-bond acceptors (Lipinski definition) is 2. The first-order valence-corrected chi connectivity index (χ1v) is 7.06. The molecular formula is C13H14BrClN2O2. The van der Waals surface area contributed by atoms with Gasteiger partial charge in [0.15, 0.2) is 0 Å². The van der Waals surface area contributed by atoms with Gasteiger partial charge in [-0.15, -0.1) is 0 Å². The number of nitrogens with one attached hydrogen (secondary N) is 1. The number of carbonyl (C=O) groups excluding carboxylic acids is 2. The molecule has 1 aliphatic heterocycles. The fraction of sp³-hybridized carbons (Fsp3) is 0.385. The summed E-state index contributed by atoms with van der Waals surface area (Å²) in [5.41, 5.74) is -0.213. The standard InChI is InChI=1S/C13H14BrClN2O2/c1-13(2)12(19)17(6-5-11(18)16-13)8-3-4-9(14)10(15)7-8/h3-4,7H,5-6H2,1-2H3,(H,16,18). The molecule has 0 aliphatic carbocycles. The summed E-state index contributed by atoms with van der Waals surface area (Å²) in [6.45, 7) is 3.75. The molecule has 0 radical (unpaired) electrons. The summed E-state index contributed by atoms with van der Waals surface area (Å²) in [7, 11) is 0. The average molecular weight is 346 g/mol. The molecule has 1 N–H and O–H groups in total. The summed E-state index contributed by atoms with van der Waals surface area (Å²) in [4.78, 5) is 25.7. The van der Waals surface area contributed by atoms with Crippen molar-refractivity contribution in [2.75, 3.05) is 11.4 Å². The monoisotopic (exact) mass is 344 g/mol. The molecule has 1 heterocycles. The van der Waals surface area contributed by atoms with Crippen molar-refractivity contribution in [3.63, 3.8) is 0 Å². The van der Waals surface area contributed by atoms with Crippen LogP contribution in [-0.4, -0.2) is 23.9 Å². The van der Waals surface area contributed by atoms with E-state index in [0.29, 0.717) is 17.3 Å². The smallest absolute Gasteiger partial charge is 0.252 e. The molecule has 19 heavy (non-hydrogen) atoms. The lowest BCUT2D eigenvalue weighted by Crippen LogP contribution is -2.53. The van der Waals surface area contributed by atoms with Crippen LogP contribution in [0.15, 0.2) is 22.7 Å². The van der Waals surface area contributed by atoms with E-state index in [1.54, 1.807) is 36.9 Å². The van der Waals surface area contributed by atoms with Gasteiger partial charge in [0.2, 0.25) is 5.91 Å². The van der Waals surface area contributed by atoms with Crippen molar-refractivity contribution in [2.24, 2.45) is 0 Å². The molecule has 1 aromatic rings. The molecule has 4 nitrogen and oxygen atoms in total. The molecule has 2 amide bonds. The number of carbonyl (C=O) groups is 2. The maximum absolute atomic E-state index is 12.5. The van der Waals surface area contributed by atoms with E-state index in [2.05, 4.69) is 21.2 Å². The third-order valence-electron chi connectivity index (χ3n) is 3.01. The van der Waals surface area contributed by atoms with Gasteiger partial charge in [-0.2, -0.15) is 0 Å². The second-order valence-corrected chi connectivity index (χ2v) is 6.24. The summed E-state index contributed by atoms with van der Waals surface area (Å²) >= 11 is 9.37. The van der Waals surface area contributed by atoms with E-state index in [4.69, 9.17) is 11.6 Å². The van der Waals surface area contributed by atoms with Gasteiger partial charge in [-0.05, 0) is 48.0 Å². The molecule has 1 saturated heterocycles. The second-order valence-electron chi connectivity index (χ2n) is 4.98. The normalized spacial score (nSPS) is 19.1. The van der Waals surface area contributed by atoms with Crippen LogP contribution in [0.5, 0.6) is 0 Å². The van der Waals surface area contributed by atoms with Gasteiger partial charge in [0.25, 0.3) is 5.91 Å². The Morgan fingerprint density at radius 2 is 2.05 bits per heavy atom. The summed E-state index contributed by atoms with van der Waals surface area (Å²) in [6.07, 6.45) is 0.281. The van der Waals surface area contributed by atoms with Crippen molar-refractivity contribution in [1.29, 1.82) is 0 Å². The molecule has 1 aliphatic rings. The highest BCUT2D eigenvalue weighted by molar-refractivity contribution is 9.10. The van der Waals surface area contributed by atoms with Crippen molar-refractivity contribution < 1.29 is 9.59 Å². The largest absolute Gasteiger partial charge is 0.342 e. The molecule has 6 heteroatoms. The van der Waals surface area contributed by atoms with Crippen LogP contribution in [0.4, 0.5) is 5.69 Å². The number of anilines is 1. The lowest BCUT2D eigenvalue weighted by molar-refractivity contribution is -0.128. The van der Waals surface area contributed by atoms with E-state index < -0.39 is 5.54 Å². The minimum absolute atomic E-state index is 0.121. The summed E-state index contributed by atoms with van der Waals surface area (Å²) < 4.78 is 0.772. The number of benzene rings is 1. The van der Waals surface area contributed by atoms with Crippen LogP contribution in [-0.2, 0) is 9.59 Å². The first-order valence-electron chi connectivity index (χ1n) is 5.89. The fourth-order valence-electron chi connectivity index (χ4n) is 2.02. The first-order chi connectivity index (χ1) is 8.81. The van der Waals surface area contributed by atoms with Gasteiger partial charge in [0.1, 0.15) is 5.54 Å². The van der Waals surface area contributed by atoms with E-state index in [1.807, 2.05) is 0 Å². The average Bonchev–Trinajstić information content (AvgIpc) is 2.41. The molecule has 1 fully saturated rings. The summed E-state index contributed by atoms with van der Waals surface area (Å²) in [5.74, 6) is -0.263. The Bertz CT molecular complexity index is 545. The van der Waals surface area contributed by atoms with Crippen LogP contribution in [0, 0.1) is 0 Å². The third kappa shape index (κ3) is 2.92. The van der Waals surface area contributed by atoms with Crippen LogP contribution < -0.4 is 10.2 Å². The van der Waals surface area contributed by atoms with Crippen LogP contribution in [0.2, 0.25) is 5.02 Å². The molecule has 0 saturated carbocycles. The molecule has 0 aromatic heterocycles. The second kappa shape index (κ2) is 5.13. The minimum atomic E-state index is -0.910. The van der Waals surface area contributed by atoms with E-state index in [-0.39, 0.29) is 18.2 Å². The van der Waals surface area contributed by atoms with E-state index in [1.165, 1.54) is 0 Å². The van der Waals surface area contributed by atoms with Gasteiger partial charge in [0, 0.05) is 23.1 Å². The maximum atomic E-state index is 12.5. The SMILES string of the molecule is CC1(C)NC(=O)CCN(c2ccc(Br)c(Cl)c2)C1=O. The first kappa shape index (κ1) is 14.3. The highest BCUT2D eigenvalue weighted by Crippen LogP contribution is 2.29. The van der Waals surface area contributed by atoms with E-state index in [0.717, 1.165) is 4.47 Å². The predicted molar refractivity (Wildman–Crippen MR) is 78.3 cm³/mol. The lowest BCUT2D eigenvalue weighted by atomic mass is 10.0. The van der Waals surface area contributed by atoms with Crippen LogP contribution in [0.3, 0.4) is 0 Å². The lowest BCUT2D eigenvalue weighted by Gasteiger charge is -2.29. The van der Waals surface area contributed by atoms with Crippen molar-refractivity contribution in [1.82, 2.24) is 5.32 Å². The number of rotatable bonds is 1. The van der Waals surface area contributed by atoms with Gasteiger partial charge in [-0.25, -0.2) is 0 Å². The molecule has 0 spiro atoms. The zero-order valence-corrected chi connectivity index (χ0v) is 13.0. The molecule has 0 bridgehead atoms. The Morgan fingerprint density at radius 1 is 1.37 bits per heavy atom. The van der Waals surface area contributed by atoms with Gasteiger partial charge in [-0.1, -0.05) is 11.6 Å². The number of nitrogens with zero attached hydrogens (tertiary/aromatic N) is 1. The zero-order chi connectivity index (χ0) is 14.2. The van der Waals surface area contributed by atoms with Gasteiger partial charge in [-0.3, -0.25) is 9.59 Å². The number of halogens is 2. The highest BCUT2D eigenvalue weighted by Gasteiger charge is 2.37. The zero-order valence-electron chi connectivity index (χ0n) is 10.7. The third-order valence-corrected chi connectivity index (χ3v) is 4.24. The van der Waals surface area contributed by atoms with Crippen LogP contribution in [0.1, 0.15) is 20.3 Å². The van der Waals surface area contributed by atoms with E-state index >= 15 is 0 Å². The molecule has 1 aromatic carbocycles. The van der Waals surface area contributed by atoms with Gasteiger partial charge in [0.05, 0.1) is 5.02 Å². The van der Waals surface area contributed by atoms with Gasteiger partial charge >= 0.3 is 0 Å². The Balaban J connectivity index is 2.39. The predicted octanol–water partition coefficient (Wildman–Crippen LogP) is 2.73. The van der Waals surface area contributed by atoms with Crippen molar-refractivity contribution in [3.05, 3.63) is 27.7 Å². The summed E-state index contributed by atoms with van der Waals surface area (Å²) in [5, 5.41) is 3.26. The Morgan fingerprint density at radius 3 is 2.68 bits per heavy atom. The minimum Gasteiger partial charge on any atom is -0.342 e. The van der Waals surface area contributed by atoms with Crippen molar-refractivity contribution in [3.8, 4) is 0 Å². The molecule has 2 rings (SSSR count). The Kier molecular flexibility index (Phi) is 3.87. The molecule has 0 atom stereocenters. The summed E-state index contributed by atoms with van der Waals surface area (Å²) in [6, 6.07) is 5.31. The Hall–Kier alpha value is -1.07. The highest BCUT2D eigenvalue weighted by atomic mass is 79.9. The quantitative estimate of drug-likeness (QED) is 0.851. The van der Waals surface area contributed by atoms with Crippen molar-refractivity contribution >= 4 is 45.0 Å². The van der Waals surface area contributed by atoms with Gasteiger partial charge < -0.3 is 10.2 Å². The number of hydrogen-bond donors (Lipinski definition) is 1. The topological polar surface area (TPSA) is 49.4 Å². The van der Waals surface area contributed by atoms with Crippen LogP contribution in [0.25, 0.3) is 0 Å². The van der Waals surface area contributed by atoms with E-state index in [9.17, 15) is 9.59 Å². The number of amides is 2.